The summed E-state index contributed by atoms with van der Waals surface area (Å²) in [4.78, 5) is 21.9. The van der Waals surface area contributed by atoms with Gasteiger partial charge < -0.3 is 15.0 Å². The predicted octanol–water partition coefficient (Wildman–Crippen LogP) is 9.29. The van der Waals surface area contributed by atoms with Crippen molar-refractivity contribution < 1.29 is 27.2 Å². The van der Waals surface area contributed by atoms with Crippen LogP contribution in [0.4, 0.5) is 24.5 Å². The molecule has 1 aliphatic heterocycles. The Morgan fingerprint density at radius 3 is 2.30 bits per heavy atom. The standard InChI is InChI=1S/C53H45F3N8O2S/c1-59-46-32-63(61(3)37-18-14-33(15-19-37)28-41-39-12-8-9-13-40(39)49-50(41)67-51(60(49)2)34-10-6-5-7-11-34)44-21-16-35(36-17-23-47(66-4)58-31-36)29-42(44)48(46)64(52(59)65)38-20-22-45(43(30-38)53(54,55)56)62-26-24-57-25-27-62/h5-23,28-32,57H,24-27H2,1-4H3/q+2/b41-28-. The first-order valence-corrected chi connectivity index (χ1v) is 22.8. The molecule has 334 valence electrons. The number of imidazole rings is 1. The van der Waals surface area contributed by atoms with E-state index in [-0.39, 0.29) is 11.4 Å². The number of fused-ring (bicyclic) bond motifs is 6. The summed E-state index contributed by atoms with van der Waals surface area (Å²) in [6.07, 6.45) is 1.18. The van der Waals surface area contributed by atoms with Gasteiger partial charge >= 0.3 is 11.9 Å². The van der Waals surface area contributed by atoms with Crippen molar-refractivity contribution in [3.8, 4) is 44.5 Å². The summed E-state index contributed by atoms with van der Waals surface area (Å²) in [5.74, 6) is 0.464. The zero-order valence-corrected chi connectivity index (χ0v) is 38.0. The lowest BCUT2D eigenvalue weighted by atomic mass is 10.0. The number of benzene rings is 5. The Hall–Kier alpha value is -7.55. The third kappa shape index (κ3) is 7.15. The van der Waals surface area contributed by atoms with Crippen LogP contribution in [0.15, 0.2) is 145 Å². The van der Waals surface area contributed by atoms with E-state index >= 15 is 0 Å². The molecule has 0 saturated carbocycles. The quantitative estimate of drug-likeness (QED) is 0.153. The molecule has 1 fully saturated rings. The number of rotatable bonds is 8. The molecule has 11 rings (SSSR count). The maximum Gasteiger partial charge on any atom is 0.418 e. The minimum absolute atomic E-state index is 0.0995. The van der Waals surface area contributed by atoms with Crippen LogP contribution >= 0.6 is 11.3 Å². The Morgan fingerprint density at radius 1 is 0.851 bits per heavy atom. The van der Waals surface area contributed by atoms with Gasteiger partial charge in [0.1, 0.15) is 17.4 Å². The van der Waals surface area contributed by atoms with E-state index in [9.17, 15) is 18.0 Å². The molecule has 4 aromatic heterocycles. The molecule has 1 saturated heterocycles. The number of anilines is 2. The third-order valence-corrected chi connectivity index (χ3v) is 14.3. The van der Waals surface area contributed by atoms with E-state index in [0.717, 1.165) is 34.0 Å². The van der Waals surface area contributed by atoms with E-state index in [1.165, 1.54) is 53.0 Å². The van der Waals surface area contributed by atoms with Gasteiger partial charge in [-0.15, -0.1) is 0 Å². The number of hydrogen-bond acceptors (Lipinski definition) is 7. The van der Waals surface area contributed by atoms with Crippen molar-refractivity contribution in [3.05, 3.63) is 172 Å². The van der Waals surface area contributed by atoms with Crippen LogP contribution in [0.3, 0.4) is 0 Å². The minimum atomic E-state index is -4.66. The summed E-state index contributed by atoms with van der Waals surface area (Å²) in [5, 5.41) is 7.07. The molecule has 10 nitrogen and oxygen atoms in total. The van der Waals surface area contributed by atoms with Crippen molar-refractivity contribution in [2.75, 3.05) is 50.2 Å². The van der Waals surface area contributed by atoms with Crippen LogP contribution in [0.2, 0.25) is 0 Å². The monoisotopic (exact) mass is 914 g/mol. The zero-order valence-electron chi connectivity index (χ0n) is 37.2. The minimum Gasteiger partial charge on any atom is -0.481 e. The highest BCUT2D eigenvalue weighted by molar-refractivity contribution is 7.16. The van der Waals surface area contributed by atoms with Crippen molar-refractivity contribution in [3.63, 3.8) is 0 Å². The molecule has 0 amide bonds. The lowest BCUT2D eigenvalue weighted by molar-refractivity contribution is -0.654. The fraction of sp³-hybridized carbons (Fsp3) is 0.170. The molecule has 67 heavy (non-hydrogen) atoms. The van der Waals surface area contributed by atoms with Crippen molar-refractivity contribution in [2.45, 2.75) is 6.18 Å². The predicted molar refractivity (Wildman–Crippen MR) is 260 cm³/mol. The number of nitrogens with zero attached hydrogens (tertiary/aromatic N) is 7. The Bertz CT molecular complexity index is 3480. The van der Waals surface area contributed by atoms with Gasteiger partial charge in [-0.1, -0.05) is 64.5 Å². The van der Waals surface area contributed by atoms with Crippen LogP contribution in [0.25, 0.3) is 72.2 Å². The molecule has 0 radical (unpaired) electrons. The summed E-state index contributed by atoms with van der Waals surface area (Å²) >= 11 is 1.80. The molecular formula is C53H45F3N8O2S+2. The number of aromatic nitrogens is 5. The number of halogens is 3. The Labute approximate surface area is 388 Å². The highest BCUT2D eigenvalue weighted by Crippen LogP contribution is 2.48. The average molecular weight is 915 g/mol. The number of alkyl halides is 3. The number of nitrogens with one attached hydrogen (secondary N) is 1. The lowest BCUT2D eigenvalue weighted by Crippen LogP contribution is -2.52. The van der Waals surface area contributed by atoms with Gasteiger partial charge in [0, 0.05) is 68.4 Å². The number of thiazole rings is 1. The van der Waals surface area contributed by atoms with Crippen molar-refractivity contribution in [1.82, 2.24) is 19.4 Å². The second-order valence-electron chi connectivity index (χ2n) is 16.9. The van der Waals surface area contributed by atoms with E-state index in [4.69, 9.17) is 4.74 Å². The second kappa shape index (κ2) is 16.4. The van der Waals surface area contributed by atoms with Crippen LogP contribution in [0, 0.1) is 0 Å². The maximum absolute atomic E-state index is 14.9. The van der Waals surface area contributed by atoms with Crippen LogP contribution in [0.1, 0.15) is 21.6 Å². The summed E-state index contributed by atoms with van der Waals surface area (Å²) in [6, 6.07) is 41.2. The van der Waals surface area contributed by atoms with Crippen LogP contribution in [-0.4, -0.2) is 54.5 Å². The fourth-order valence-electron chi connectivity index (χ4n) is 9.60. The lowest BCUT2D eigenvalue weighted by Gasteiger charge is -2.31. The number of aryl methyl sites for hydroxylation is 1. The van der Waals surface area contributed by atoms with Gasteiger partial charge in [0.05, 0.1) is 53.1 Å². The molecule has 1 aliphatic carbocycles. The first kappa shape index (κ1) is 42.1. The molecule has 0 unspecified atom stereocenters. The smallest absolute Gasteiger partial charge is 0.418 e. The molecule has 2 aliphatic rings. The van der Waals surface area contributed by atoms with Gasteiger partial charge in [-0.2, -0.15) is 22.7 Å². The topological polar surface area (TPSA) is 75.3 Å². The normalized spacial score (nSPS) is 14.3. The molecule has 9 aromatic rings. The first-order chi connectivity index (χ1) is 32.5. The van der Waals surface area contributed by atoms with Gasteiger partial charge in [-0.3, -0.25) is 9.13 Å². The molecule has 5 aromatic carbocycles. The fourth-order valence-corrected chi connectivity index (χ4v) is 10.9. The number of methoxy groups -OCH3 is 1. The SMILES string of the molecule is COc1ccc(-c2ccc3c(c2)c2c(c[n+]3N(C)c3ccc(/C=C4/c5ccccc5-c5c4sc(-c4ccccc4)[n+]5C)cc3)n(C)c(=O)n2-c2ccc(N3CCNCC3)c(C(F)(F)F)c2)cn1. The Balaban J connectivity index is 1.03. The number of hydrogen-bond donors (Lipinski definition) is 1. The number of ether oxygens (including phenoxy) is 1. The summed E-state index contributed by atoms with van der Waals surface area (Å²) in [7, 11) is 7.30. The van der Waals surface area contributed by atoms with Gasteiger partial charge in [0.2, 0.25) is 23.3 Å². The van der Waals surface area contributed by atoms with Gasteiger partial charge in [-0.05, 0) is 89.5 Å². The van der Waals surface area contributed by atoms with E-state index in [2.05, 4.69) is 101 Å². The zero-order chi connectivity index (χ0) is 46.1. The van der Waals surface area contributed by atoms with Crippen molar-refractivity contribution in [2.24, 2.45) is 14.1 Å². The maximum atomic E-state index is 14.9. The van der Waals surface area contributed by atoms with Gasteiger partial charge in [-0.25, -0.2) is 9.78 Å². The van der Waals surface area contributed by atoms with Crippen molar-refractivity contribution in [1.29, 1.82) is 0 Å². The molecule has 5 heterocycles. The van der Waals surface area contributed by atoms with E-state index in [0.29, 0.717) is 48.5 Å². The Kier molecular flexibility index (Phi) is 10.3. The van der Waals surface area contributed by atoms with E-state index in [1.807, 2.05) is 53.3 Å². The van der Waals surface area contributed by atoms with Gasteiger partial charge in [0.15, 0.2) is 0 Å². The molecule has 1 N–H and O–H groups in total. The summed E-state index contributed by atoms with van der Waals surface area (Å²) in [6.45, 7) is 2.05. The third-order valence-electron chi connectivity index (χ3n) is 13.0. The van der Waals surface area contributed by atoms with Crippen LogP contribution in [0.5, 0.6) is 5.88 Å². The highest BCUT2D eigenvalue weighted by atomic mass is 32.1. The van der Waals surface area contributed by atoms with Crippen LogP contribution < -0.4 is 34.9 Å². The molecular weight excluding hydrogens is 870 g/mol. The highest BCUT2D eigenvalue weighted by Gasteiger charge is 2.38. The molecule has 0 spiro atoms. The number of pyridine rings is 2. The molecule has 0 bridgehead atoms. The van der Waals surface area contributed by atoms with E-state index in [1.54, 1.807) is 48.7 Å². The second-order valence-corrected chi connectivity index (χ2v) is 17.9. The average Bonchev–Trinajstić information content (AvgIpc) is 3.96. The largest absolute Gasteiger partial charge is 0.481 e. The summed E-state index contributed by atoms with van der Waals surface area (Å²) in [5.41, 5.74) is 10.2. The molecule has 14 heteroatoms. The summed E-state index contributed by atoms with van der Waals surface area (Å²) < 4.78 is 57.3. The number of piperazine rings is 1. The van der Waals surface area contributed by atoms with Gasteiger partial charge in [0.25, 0.3) is 5.01 Å². The Morgan fingerprint density at radius 2 is 1.58 bits per heavy atom. The van der Waals surface area contributed by atoms with Crippen molar-refractivity contribution >= 4 is 56.3 Å². The molecule has 0 atom stereocenters. The first-order valence-electron chi connectivity index (χ1n) is 22.0. The van der Waals surface area contributed by atoms with E-state index < -0.39 is 17.4 Å². The van der Waals surface area contributed by atoms with Crippen LogP contribution in [-0.2, 0) is 20.3 Å².